The first-order valence-electron chi connectivity index (χ1n) is 5.33. The predicted molar refractivity (Wildman–Crippen MR) is 62.9 cm³/mol. The Bertz CT molecular complexity index is 407. The zero-order valence-corrected chi connectivity index (χ0v) is 10.3. The minimum atomic E-state index is -0.00616. The van der Waals surface area contributed by atoms with Crippen LogP contribution in [0, 0.1) is 0 Å². The Morgan fingerprint density at radius 3 is 3.27 bits per heavy atom. The molecule has 2 heterocycles. The molecule has 1 saturated heterocycles. The average molecular weight is 268 g/mol. The smallest absolute Gasteiger partial charge is 0.0863 e. The van der Waals surface area contributed by atoms with E-state index in [0.29, 0.717) is 5.92 Å². The summed E-state index contributed by atoms with van der Waals surface area (Å²) in [5.74, 6) is 0.499. The Balaban J connectivity index is 2.13. The SMILES string of the molecule is CC12CNCC1c1cccc(Br)c1CO2. The Morgan fingerprint density at radius 2 is 2.40 bits per heavy atom. The molecule has 3 rings (SSSR count). The van der Waals surface area contributed by atoms with E-state index < -0.39 is 0 Å². The minimum absolute atomic E-state index is 0.00616. The van der Waals surface area contributed by atoms with E-state index in [4.69, 9.17) is 4.74 Å². The predicted octanol–water partition coefficient (Wildman–Crippen LogP) is 2.42. The zero-order valence-electron chi connectivity index (χ0n) is 8.72. The van der Waals surface area contributed by atoms with E-state index in [9.17, 15) is 0 Å². The molecule has 80 valence electrons. The fourth-order valence-corrected chi connectivity index (χ4v) is 3.18. The molecule has 1 fully saturated rings. The Hall–Kier alpha value is -0.380. The van der Waals surface area contributed by atoms with Crippen molar-refractivity contribution in [2.24, 2.45) is 0 Å². The first-order chi connectivity index (χ1) is 7.21. The van der Waals surface area contributed by atoms with E-state index >= 15 is 0 Å². The van der Waals surface area contributed by atoms with Crippen LogP contribution in [-0.4, -0.2) is 18.7 Å². The van der Waals surface area contributed by atoms with E-state index in [1.807, 2.05) is 0 Å². The summed E-state index contributed by atoms with van der Waals surface area (Å²) < 4.78 is 7.18. The highest BCUT2D eigenvalue weighted by Crippen LogP contribution is 2.42. The summed E-state index contributed by atoms with van der Waals surface area (Å²) in [5, 5.41) is 3.42. The van der Waals surface area contributed by atoms with Crippen LogP contribution in [0.3, 0.4) is 0 Å². The number of fused-ring (bicyclic) bond motifs is 3. The molecule has 2 aliphatic heterocycles. The minimum Gasteiger partial charge on any atom is -0.369 e. The summed E-state index contributed by atoms with van der Waals surface area (Å²) in [5.41, 5.74) is 2.76. The molecule has 0 spiro atoms. The van der Waals surface area contributed by atoms with Crippen molar-refractivity contribution in [1.29, 1.82) is 0 Å². The molecule has 15 heavy (non-hydrogen) atoms. The van der Waals surface area contributed by atoms with Gasteiger partial charge >= 0.3 is 0 Å². The topological polar surface area (TPSA) is 21.3 Å². The number of hydrogen-bond donors (Lipinski definition) is 1. The fourth-order valence-electron chi connectivity index (χ4n) is 2.69. The molecule has 0 aromatic heterocycles. The largest absolute Gasteiger partial charge is 0.369 e. The first kappa shape index (κ1) is 9.82. The molecule has 1 aromatic carbocycles. The summed E-state index contributed by atoms with van der Waals surface area (Å²) in [6.45, 7) is 4.93. The van der Waals surface area contributed by atoms with Gasteiger partial charge in [-0.1, -0.05) is 28.1 Å². The third kappa shape index (κ3) is 1.37. The van der Waals surface area contributed by atoms with Gasteiger partial charge in [-0.2, -0.15) is 0 Å². The van der Waals surface area contributed by atoms with Crippen LogP contribution in [-0.2, 0) is 11.3 Å². The van der Waals surface area contributed by atoms with Gasteiger partial charge in [0.05, 0.1) is 12.2 Å². The highest BCUT2D eigenvalue weighted by molar-refractivity contribution is 9.10. The van der Waals surface area contributed by atoms with Crippen LogP contribution >= 0.6 is 15.9 Å². The van der Waals surface area contributed by atoms with Crippen LogP contribution < -0.4 is 5.32 Å². The molecule has 2 nitrogen and oxygen atoms in total. The molecule has 0 bridgehead atoms. The highest BCUT2D eigenvalue weighted by atomic mass is 79.9. The second-order valence-electron chi connectivity index (χ2n) is 4.59. The first-order valence-corrected chi connectivity index (χ1v) is 6.12. The Kier molecular flexibility index (Phi) is 2.16. The van der Waals surface area contributed by atoms with E-state index in [0.717, 1.165) is 19.7 Å². The van der Waals surface area contributed by atoms with Gasteiger partial charge in [-0.25, -0.2) is 0 Å². The molecule has 0 radical (unpaired) electrons. The average Bonchev–Trinajstić information content (AvgIpc) is 2.60. The fraction of sp³-hybridized carbons (Fsp3) is 0.500. The third-order valence-electron chi connectivity index (χ3n) is 3.64. The van der Waals surface area contributed by atoms with Crippen molar-refractivity contribution in [3.8, 4) is 0 Å². The van der Waals surface area contributed by atoms with Crippen molar-refractivity contribution in [3.63, 3.8) is 0 Å². The van der Waals surface area contributed by atoms with Gasteiger partial charge in [0.2, 0.25) is 0 Å². The summed E-state index contributed by atoms with van der Waals surface area (Å²) in [7, 11) is 0. The maximum Gasteiger partial charge on any atom is 0.0863 e. The van der Waals surface area contributed by atoms with Crippen molar-refractivity contribution in [1.82, 2.24) is 5.32 Å². The molecule has 2 atom stereocenters. The lowest BCUT2D eigenvalue weighted by Crippen LogP contribution is -2.39. The summed E-state index contributed by atoms with van der Waals surface area (Å²) >= 11 is 3.60. The molecule has 3 heteroatoms. The van der Waals surface area contributed by atoms with Crippen molar-refractivity contribution in [2.45, 2.75) is 25.0 Å². The summed E-state index contributed by atoms with van der Waals surface area (Å²) in [4.78, 5) is 0. The lowest BCUT2D eigenvalue weighted by atomic mass is 9.82. The Morgan fingerprint density at radius 1 is 1.53 bits per heavy atom. The van der Waals surface area contributed by atoms with Crippen molar-refractivity contribution in [3.05, 3.63) is 33.8 Å². The van der Waals surface area contributed by atoms with Gasteiger partial charge in [-0.05, 0) is 24.1 Å². The lowest BCUT2D eigenvalue weighted by Gasteiger charge is -2.37. The number of benzene rings is 1. The number of ether oxygens (including phenoxy) is 1. The van der Waals surface area contributed by atoms with Gasteiger partial charge in [-0.15, -0.1) is 0 Å². The second-order valence-corrected chi connectivity index (χ2v) is 5.45. The molecule has 1 N–H and O–H groups in total. The summed E-state index contributed by atoms with van der Waals surface area (Å²) in [6, 6.07) is 6.44. The maximum atomic E-state index is 6.00. The molecular formula is C12H14BrNO. The normalized spacial score (nSPS) is 33.6. The van der Waals surface area contributed by atoms with Gasteiger partial charge in [0.25, 0.3) is 0 Å². The van der Waals surface area contributed by atoms with Crippen molar-refractivity contribution >= 4 is 15.9 Å². The molecule has 2 aliphatic rings. The van der Waals surface area contributed by atoms with Crippen molar-refractivity contribution < 1.29 is 4.74 Å². The number of halogens is 1. The molecule has 2 unspecified atom stereocenters. The number of hydrogen-bond acceptors (Lipinski definition) is 2. The van der Waals surface area contributed by atoms with Crippen LogP contribution in [0.25, 0.3) is 0 Å². The van der Waals surface area contributed by atoms with E-state index in [1.54, 1.807) is 0 Å². The van der Waals surface area contributed by atoms with Gasteiger partial charge in [0, 0.05) is 23.5 Å². The second kappa shape index (κ2) is 3.30. The van der Waals surface area contributed by atoms with Gasteiger partial charge < -0.3 is 10.1 Å². The quantitative estimate of drug-likeness (QED) is 0.780. The molecule has 1 aromatic rings. The van der Waals surface area contributed by atoms with Gasteiger partial charge in [0.1, 0.15) is 0 Å². The van der Waals surface area contributed by atoms with Gasteiger partial charge in [0.15, 0.2) is 0 Å². The summed E-state index contributed by atoms with van der Waals surface area (Å²) in [6.07, 6.45) is 0. The van der Waals surface area contributed by atoms with E-state index in [1.165, 1.54) is 15.6 Å². The molecule has 0 saturated carbocycles. The third-order valence-corrected chi connectivity index (χ3v) is 4.38. The molecule has 0 amide bonds. The number of nitrogens with one attached hydrogen (secondary N) is 1. The van der Waals surface area contributed by atoms with Crippen LogP contribution in [0.4, 0.5) is 0 Å². The van der Waals surface area contributed by atoms with Crippen LogP contribution in [0.15, 0.2) is 22.7 Å². The molecular weight excluding hydrogens is 254 g/mol. The van der Waals surface area contributed by atoms with Crippen molar-refractivity contribution in [2.75, 3.05) is 13.1 Å². The standard InChI is InChI=1S/C12H14BrNO/c1-12-7-14-5-10(12)8-3-2-4-11(13)9(8)6-15-12/h2-4,10,14H,5-7H2,1H3. The van der Waals surface area contributed by atoms with Crippen LogP contribution in [0.2, 0.25) is 0 Å². The van der Waals surface area contributed by atoms with E-state index in [2.05, 4.69) is 46.4 Å². The zero-order chi connectivity index (χ0) is 10.5. The van der Waals surface area contributed by atoms with E-state index in [-0.39, 0.29) is 5.60 Å². The monoisotopic (exact) mass is 267 g/mol. The van der Waals surface area contributed by atoms with Gasteiger partial charge in [-0.3, -0.25) is 0 Å². The molecule has 0 aliphatic carbocycles. The lowest BCUT2D eigenvalue weighted by molar-refractivity contribution is -0.0520. The highest BCUT2D eigenvalue weighted by Gasteiger charge is 2.44. The maximum absolute atomic E-state index is 6.00. The Labute approximate surface area is 98.1 Å². The number of rotatable bonds is 0. The van der Waals surface area contributed by atoms with Crippen LogP contribution in [0.5, 0.6) is 0 Å². The van der Waals surface area contributed by atoms with Crippen LogP contribution in [0.1, 0.15) is 24.0 Å².